The Morgan fingerprint density at radius 1 is 1.30 bits per heavy atom. The normalized spacial score (nSPS) is 16.9. The van der Waals surface area contributed by atoms with Gasteiger partial charge in [-0.2, -0.15) is 4.72 Å². The van der Waals surface area contributed by atoms with Gasteiger partial charge in [0.15, 0.2) is 0 Å². The maximum atomic E-state index is 12.4. The van der Waals surface area contributed by atoms with Gasteiger partial charge < -0.3 is 14.4 Å². The third kappa shape index (κ3) is 4.66. The lowest BCUT2D eigenvalue weighted by atomic mass is 10.3. The molecule has 23 heavy (non-hydrogen) atoms. The average molecular weight is 342 g/mol. The van der Waals surface area contributed by atoms with Crippen LogP contribution < -0.4 is 9.46 Å². The van der Waals surface area contributed by atoms with Crippen molar-refractivity contribution >= 4 is 15.9 Å². The smallest absolute Gasteiger partial charge is 0.241 e. The van der Waals surface area contributed by atoms with E-state index in [9.17, 15) is 13.2 Å². The van der Waals surface area contributed by atoms with Crippen LogP contribution in [0.3, 0.4) is 0 Å². The standard InChI is InChI=1S/C15H22N2O5S/c1-3-22-13-4-6-14(7-5-13)23(19,20)16-12(2)15(18)17-8-10-21-11-9-17/h4-7,12,16H,3,8-11H2,1-2H3/t12-/m0/s1. The second-order valence-electron chi connectivity index (χ2n) is 5.19. The van der Waals surface area contributed by atoms with Crippen molar-refractivity contribution in [1.82, 2.24) is 9.62 Å². The summed E-state index contributed by atoms with van der Waals surface area (Å²) in [7, 11) is -3.76. The number of sulfonamides is 1. The summed E-state index contributed by atoms with van der Waals surface area (Å²) >= 11 is 0. The van der Waals surface area contributed by atoms with E-state index >= 15 is 0 Å². The zero-order valence-corrected chi connectivity index (χ0v) is 14.1. The first-order chi connectivity index (χ1) is 10.9. The molecule has 128 valence electrons. The van der Waals surface area contributed by atoms with E-state index in [1.165, 1.54) is 12.1 Å². The second kappa shape index (κ2) is 7.76. The molecular weight excluding hydrogens is 320 g/mol. The Kier molecular flexibility index (Phi) is 5.97. The van der Waals surface area contributed by atoms with Gasteiger partial charge >= 0.3 is 0 Å². The monoisotopic (exact) mass is 342 g/mol. The molecule has 0 unspecified atom stereocenters. The van der Waals surface area contributed by atoms with Gasteiger partial charge in [-0.25, -0.2) is 8.42 Å². The molecule has 1 atom stereocenters. The van der Waals surface area contributed by atoms with Crippen LogP contribution in [0.5, 0.6) is 5.75 Å². The maximum absolute atomic E-state index is 12.4. The molecule has 0 radical (unpaired) electrons. The first kappa shape index (κ1) is 17.7. The minimum atomic E-state index is -3.76. The van der Waals surface area contributed by atoms with E-state index in [-0.39, 0.29) is 10.8 Å². The van der Waals surface area contributed by atoms with E-state index < -0.39 is 16.1 Å². The van der Waals surface area contributed by atoms with Crippen LogP contribution in [0.2, 0.25) is 0 Å². The van der Waals surface area contributed by atoms with Gasteiger partial charge in [-0.3, -0.25) is 4.79 Å². The topological polar surface area (TPSA) is 84.9 Å². The zero-order valence-electron chi connectivity index (χ0n) is 13.3. The highest BCUT2D eigenvalue weighted by atomic mass is 32.2. The van der Waals surface area contributed by atoms with Gasteiger partial charge in [0.05, 0.1) is 30.8 Å². The van der Waals surface area contributed by atoms with Crippen molar-refractivity contribution in [3.8, 4) is 5.75 Å². The van der Waals surface area contributed by atoms with E-state index in [0.29, 0.717) is 38.7 Å². The molecule has 1 aromatic carbocycles. The maximum Gasteiger partial charge on any atom is 0.241 e. The number of amides is 1. The SMILES string of the molecule is CCOc1ccc(S(=O)(=O)N[C@@H](C)C(=O)N2CCOCC2)cc1. The van der Waals surface area contributed by atoms with Crippen LogP contribution in [0.25, 0.3) is 0 Å². The fourth-order valence-electron chi connectivity index (χ4n) is 2.29. The van der Waals surface area contributed by atoms with Crippen LogP contribution in [0.4, 0.5) is 0 Å². The lowest BCUT2D eigenvalue weighted by Crippen LogP contribution is -2.50. The van der Waals surface area contributed by atoms with Crippen LogP contribution >= 0.6 is 0 Å². The largest absolute Gasteiger partial charge is 0.494 e. The molecule has 1 fully saturated rings. The number of hydrogen-bond donors (Lipinski definition) is 1. The van der Waals surface area contributed by atoms with Crippen molar-refractivity contribution in [2.24, 2.45) is 0 Å². The lowest BCUT2D eigenvalue weighted by molar-refractivity contribution is -0.136. The molecule has 1 N–H and O–H groups in total. The van der Waals surface area contributed by atoms with Crippen molar-refractivity contribution in [3.05, 3.63) is 24.3 Å². The number of nitrogens with one attached hydrogen (secondary N) is 1. The van der Waals surface area contributed by atoms with Crippen molar-refractivity contribution in [2.75, 3.05) is 32.9 Å². The molecule has 1 aliphatic heterocycles. The molecule has 0 spiro atoms. The molecule has 0 bridgehead atoms. The summed E-state index contributed by atoms with van der Waals surface area (Å²) in [5, 5.41) is 0. The molecular formula is C15H22N2O5S. The van der Waals surface area contributed by atoms with Crippen molar-refractivity contribution < 1.29 is 22.7 Å². The van der Waals surface area contributed by atoms with E-state index in [4.69, 9.17) is 9.47 Å². The third-order valence-corrected chi connectivity index (χ3v) is 5.03. The summed E-state index contributed by atoms with van der Waals surface area (Å²) in [6.07, 6.45) is 0. The van der Waals surface area contributed by atoms with Crippen LogP contribution in [0.1, 0.15) is 13.8 Å². The quantitative estimate of drug-likeness (QED) is 0.819. The summed E-state index contributed by atoms with van der Waals surface area (Å²) in [6.45, 7) is 5.82. The molecule has 0 saturated carbocycles. The minimum Gasteiger partial charge on any atom is -0.494 e. The van der Waals surface area contributed by atoms with Crippen molar-refractivity contribution in [3.63, 3.8) is 0 Å². The van der Waals surface area contributed by atoms with Crippen LogP contribution in [-0.2, 0) is 19.6 Å². The predicted octanol–water partition coefficient (Wildman–Crippen LogP) is 0.611. The second-order valence-corrected chi connectivity index (χ2v) is 6.90. The number of morpholine rings is 1. The van der Waals surface area contributed by atoms with E-state index in [0.717, 1.165) is 0 Å². The Balaban J connectivity index is 2.02. The molecule has 1 amide bonds. The van der Waals surface area contributed by atoms with E-state index in [1.54, 1.807) is 24.0 Å². The Labute approximate surface area is 136 Å². The molecule has 0 aliphatic carbocycles. The third-order valence-electron chi connectivity index (χ3n) is 3.47. The number of rotatable bonds is 6. The summed E-state index contributed by atoms with van der Waals surface area (Å²) < 4.78 is 37.6. The first-order valence-electron chi connectivity index (χ1n) is 7.56. The highest BCUT2D eigenvalue weighted by molar-refractivity contribution is 7.89. The Morgan fingerprint density at radius 3 is 2.48 bits per heavy atom. The van der Waals surface area contributed by atoms with E-state index in [1.807, 2.05) is 6.92 Å². The van der Waals surface area contributed by atoms with Crippen LogP contribution in [0, 0.1) is 0 Å². The molecule has 1 saturated heterocycles. The van der Waals surface area contributed by atoms with E-state index in [2.05, 4.69) is 4.72 Å². The Hall–Kier alpha value is -1.64. The molecule has 1 aromatic rings. The zero-order chi connectivity index (χ0) is 16.9. The first-order valence-corrected chi connectivity index (χ1v) is 9.04. The Bertz CT molecular complexity index is 624. The number of carbonyl (C=O) groups is 1. The summed E-state index contributed by atoms with van der Waals surface area (Å²) in [6, 6.07) is 5.27. The van der Waals surface area contributed by atoms with Gasteiger partial charge in [-0.1, -0.05) is 0 Å². The predicted molar refractivity (Wildman–Crippen MR) is 84.8 cm³/mol. The molecule has 8 heteroatoms. The molecule has 0 aromatic heterocycles. The summed E-state index contributed by atoms with van der Waals surface area (Å²) in [5.74, 6) is 0.353. The minimum absolute atomic E-state index is 0.0996. The van der Waals surface area contributed by atoms with Gasteiger partial charge in [0.1, 0.15) is 5.75 Å². The van der Waals surface area contributed by atoms with Crippen molar-refractivity contribution in [2.45, 2.75) is 24.8 Å². The van der Waals surface area contributed by atoms with Gasteiger partial charge in [0.25, 0.3) is 0 Å². The number of nitrogens with zero attached hydrogens (tertiary/aromatic N) is 1. The van der Waals surface area contributed by atoms with Crippen LogP contribution in [0.15, 0.2) is 29.2 Å². The summed E-state index contributed by atoms with van der Waals surface area (Å²) in [5.41, 5.74) is 0. The average Bonchev–Trinajstić information content (AvgIpc) is 2.55. The van der Waals surface area contributed by atoms with Crippen LogP contribution in [-0.4, -0.2) is 58.2 Å². The van der Waals surface area contributed by atoms with Gasteiger partial charge in [-0.05, 0) is 38.1 Å². The Morgan fingerprint density at radius 2 is 1.91 bits per heavy atom. The van der Waals surface area contributed by atoms with Crippen molar-refractivity contribution in [1.29, 1.82) is 0 Å². The molecule has 1 heterocycles. The van der Waals surface area contributed by atoms with Gasteiger partial charge in [0.2, 0.25) is 15.9 Å². The highest BCUT2D eigenvalue weighted by Crippen LogP contribution is 2.16. The summed E-state index contributed by atoms with van der Waals surface area (Å²) in [4.78, 5) is 14.0. The number of carbonyl (C=O) groups excluding carboxylic acids is 1. The van der Waals surface area contributed by atoms with Gasteiger partial charge in [-0.15, -0.1) is 0 Å². The lowest BCUT2D eigenvalue weighted by Gasteiger charge is -2.29. The van der Waals surface area contributed by atoms with Gasteiger partial charge in [0, 0.05) is 13.1 Å². The molecule has 7 nitrogen and oxygen atoms in total. The number of hydrogen-bond acceptors (Lipinski definition) is 5. The molecule has 1 aliphatic rings. The molecule has 2 rings (SSSR count). The highest BCUT2D eigenvalue weighted by Gasteiger charge is 2.26. The fraction of sp³-hybridized carbons (Fsp3) is 0.533. The number of benzene rings is 1. The fourth-order valence-corrected chi connectivity index (χ4v) is 3.49. The number of ether oxygens (including phenoxy) is 2.